The average Bonchev–Trinajstić information content (AvgIpc) is 1.48. The fourth-order valence-corrected chi connectivity index (χ4v) is 3.95. The molecule has 0 amide bonds. The lowest BCUT2D eigenvalue weighted by Gasteiger charge is -2.31. The van der Waals surface area contributed by atoms with Gasteiger partial charge in [0.15, 0.2) is 0 Å². The van der Waals surface area contributed by atoms with Gasteiger partial charge in [-0.15, -0.1) is 24.4 Å². The van der Waals surface area contributed by atoms with Crippen LogP contribution in [0.4, 0.5) is 0 Å². The maximum atomic E-state index is 4.96. The highest BCUT2D eigenvalue weighted by molar-refractivity contribution is 8.42. The molecule has 0 aromatic carbocycles. The molecule has 0 N–H and O–H groups in total. The Bertz CT molecular complexity index is 165. The highest BCUT2D eigenvalue weighted by Crippen LogP contribution is 2.37. The number of thiol groups is 1. The Morgan fingerprint density at radius 2 is 1.67 bits per heavy atom. The predicted octanol–water partition coefficient (Wildman–Crippen LogP) is 4.15. The molecule has 0 aliphatic rings. The van der Waals surface area contributed by atoms with Crippen LogP contribution in [0.1, 0.15) is 41.0 Å². The van der Waals surface area contributed by atoms with E-state index in [2.05, 4.69) is 47.2 Å². The van der Waals surface area contributed by atoms with Crippen molar-refractivity contribution in [2.45, 2.75) is 45.8 Å². The summed E-state index contributed by atoms with van der Waals surface area (Å²) in [6.45, 7) is 11.2. The molecule has 72 valence electrons. The van der Waals surface area contributed by atoms with E-state index in [0.29, 0.717) is 5.41 Å². The molecule has 12 heavy (non-hydrogen) atoms. The minimum atomic E-state index is 0.205. The Labute approximate surface area is 91.3 Å². The molecule has 0 radical (unpaired) electrons. The first-order valence-electron chi connectivity index (χ1n) is 4.04. The van der Waals surface area contributed by atoms with Crippen molar-refractivity contribution in [2.24, 2.45) is 5.41 Å². The first kappa shape index (κ1) is 12.8. The summed E-state index contributed by atoms with van der Waals surface area (Å²) in [6.07, 6.45) is 1.14. The van der Waals surface area contributed by atoms with E-state index in [-0.39, 0.29) is 4.75 Å². The lowest BCUT2D eigenvalue weighted by molar-refractivity contribution is 0.340. The molecule has 0 saturated heterocycles. The van der Waals surface area contributed by atoms with Crippen molar-refractivity contribution in [3.63, 3.8) is 0 Å². The SMILES string of the molecule is CC(C)(C)CC(C)(C)SC(=S)S. The van der Waals surface area contributed by atoms with Crippen LogP contribution < -0.4 is 0 Å². The molecule has 3 heteroatoms. The number of thioether (sulfide) groups is 1. The standard InChI is InChI=1S/C9H18S3/c1-8(2,3)6-9(4,5)12-7(10)11/h6H2,1-5H3,(H,10,11). The number of thiocarbonyl (C=S) groups is 1. The molecule has 0 bridgehead atoms. The van der Waals surface area contributed by atoms with Gasteiger partial charge >= 0.3 is 0 Å². The van der Waals surface area contributed by atoms with E-state index in [1.54, 1.807) is 11.8 Å². The van der Waals surface area contributed by atoms with E-state index in [1.165, 1.54) is 0 Å². The van der Waals surface area contributed by atoms with Gasteiger partial charge in [0.05, 0.1) is 0 Å². The summed E-state index contributed by atoms with van der Waals surface area (Å²) in [4.78, 5) is 0. The normalized spacial score (nSPS) is 13.2. The largest absolute Gasteiger partial charge is 0.125 e. The summed E-state index contributed by atoms with van der Waals surface area (Å²) < 4.78 is 0.945. The average molecular weight is 222 g/mol. The van der Waals surface area contributed by atoms with Gasteiger partial charge in [0.2, 0.25) is 0 Å². The Kier molecular flexibility index (Phi) is 4.62. The molecule has 0 heterocycles. The topological polar surface area (TPSA) is 0 Å². The van der Waals surface area contributed by atoms with Crippen LogP contribution in [0.25, 0.3) is 0 Å². The molecule has 0 rings (SSSR count). The Balaban J connectivity index is 4.13. The molecule has 0 nitrogen and oxygen atoms in total. The molecule has 0 aliphatic heterocycles. The van der Waals surface area contributed by atoms with Gasteiger partial charge in [-0.3, -0.25) is 0 Å². The van der Waals surface area contributed by atoms with Crippen LogP contribution in [0.15, 0.2) is 0 Å². The molecule has 0 aromatic heterocycles. The molecular weight excluding hydrogens is 204 g/mol. The monoisotopic (exact) mass is 222 g/mol. The van der Waals surface area contributed by atoms with E-state index < -0.39 is 0 Å². The Morgan fingerprint density at radius 1 is 1.25 bits per heavy atom. The van der Waals surface area contributed by atoms with E-state index in [0.717, 1.165) is 9.95 Å². The van der Waals surface area contributed by atoms with Crippen LogP contribution in [0.3, 0.4) is 0 Å². The first-order valence-corrected chi connectivity index (χ1v) is 5.72. The fraction of sp³-hybridized carbons (Fsp3) is 0.889. The zero-order chi connectivity index (χ0) is 9.99. The summed E-state index contributed by atoms with van der Waals surface area (Å²) in [7, 11) is 0. The number of hydrogen-bond acceptors (Lipinski definition) is 2. The van der Waals surface area contributed by atoms with Gasteiger partial charge in [0.1, 0.15) is 3.53 Å². The number of hydrogen-bond donors (Lipinski definition) is 1. The van der Waals surface area contributed by atoms with Crippen molar-refractivity contribution in [1.29, 1.82) is 0 Å². The molecule has 0 spiro atoms. The minimum absolute atomic E-state index is 0.205. The quantitative estimate of drug-likeness (QED) is 0.550. The Morgan fingerprint density at radius 3 is 1.92 bits per heavy atom. The maximum Gasteiger partial charge on any atom is 0.101 e. The molecule has 0 aliphatic carbocycles. The van der Waals surface area contributed by atoms with E-state index >= 15 is 0 Å². The van der Waals surface area contributed by atoms with Gasteiger partial charge in [-0.05, 0) is 11.8 Å². The molecule has 0 aromatic rings. The zero-order valence-electron chi connectivity index (χ0n) is 8.47. The van der Waals surface area contributed by atoms with Gasteiger partial charge in [0, 0.05) is 4.75 Å². The molecule has 0 fully saturated rings. The third-order valence-electron chi connectivity index (χ3n) is 1.32. The molecule has 0 atom stereocenters. The molecule has 0 saturated carbocycles. The van der Waals surface area contributed by atoms with Crippen LogP contribution in [-0.4, -0.2) is 8.28 Å². The summed E-state index contributed by atoms with van der Waals surface area (Å²) in [6, 6.07) is 0. The van der Waals surface area contributed by atoms with Gasteiger partial charge in [-0.25, -0.2) is 0 Å². The van der Waals surface area contributed by atoms with Crippen LogP contribution in [0, 0.1) is 5.41 Å². The third-order valence-corrected chi connectivity index (χ3v) is 2.72. The fourth-order valence-electron chi connectivity index (χ4n) is 1.55. The summed E-state index contributed by atoms with van der Waals surface area (Å²) in [5, 5.41) is 0. The minimum Gasteiger partial charge on any atom is -0.125 e. The summed E-state index contributed by atoms with van der Waals surface area (Å²) >= 11 is 10.8. The van der Waals surface area contributed by atoms with Gasteiger partial charge in [-0.2, -0.15) is 0 Å². The smallest absolute Gasteiger partial charge is 0.101 e. The van der Waals surface area contributed by atoms with Crippen LogP contribution in [-0.2, 0) is 0 Å². The molecular formula is C9H18S3. The van der Waals surface area contributed by atoms with Crippen LogP contribution in [0.2, 0.25) is 0 Å². The van der Waals surface area contributed by atoms with E-state index in [1.807, 2.05) is 0 Å². The predicted molar refractivity (Wildman–Crippen MR) is 67.3 cm³/mol. The van der Waals surface area contributed by atoms with E-state index in [9.17, 15) is 0 Å². The highest BCUT2D eigenvalue weighted by atomic mass is 32.2. The highest BCUT2D eigenvalue weighted by Gasteiger charge is 2.26. The van der Waals surface area contributed by atoms with Crippen molar-refractivity contribution in [3.8, 4) is 0 Å². The van der Waals surface area contributed by atoms with Crippen molar-refractivity contribution in [3.05, 3.63) is 0 Å². The Hall–Kier alpha value is 0.790. The molecule has 0 unspecified atom stereocenters. The lowest BCUT2D eigenvalue weighted by Crippen LogP contribution is -2.24. The van der Waals surface area contributed by atoms with Gasteiger partial charge in [0.25, 0.3) is 0 Å². The zero-order valence-corrected chi connectivity index (χ0v) is 11.0. The second kappa shape index (κ2) is 4.34. The van der Waals surface area contributed by atoms with Gasteiger partial charge < -0.3 is 0 Å². The first-order chi connectivity index (χ1) is 5.12. The second-order valence-electron chi connectivity index (χ2n) is 4.87. The second-order valence-corrected chi connectivity index (χ2v) is 8.30. The van der Waals surface area contributed by atoms with Gasteiger partial charge in [-0.1, -0.05) is 46.8 Å². The number of rotatable bonds is 2. The van der Waals surface area contributed by atoms with Crippen molar-refractivity contribution < 1.29 is 0 Å². The lowest BCUT2D eigenvalue weighted by atomic mass is 9.86. The van der Waals surface area contributed by atoms with Crippen molar-refractivity contribution >= 4 is 40.1 Å². The van der Waals surface area contributed by atoms with E-state index in [4.69, 9.17) is 12.2 Å². The van der Waals surface area contributed by atoms with Crippen LogP contribution >= 0.6 is 36.6 Å². The third kappa shape index (κ3) is 7.44. The van der Waals surface area contributed by atoms with Crippen molar-refractivity contribution in [1.82, 2.24) is 0 Å². The van der Waals surface area contributed by atoms with Crippen molar-refractivity contribution in [2.75, 3.05) is 0 Å². The summed E-state index contributed by atoms with van der Waals surface area (Å²) in [5.41, 5.74) is 0.356. The summed E-state index contributed by atoms with van der Waals surface area (Å²) in [5.74, 6) is 0. The van der Waals surface area contributed by atoms with Crippen LogP contribution in [0.5, 0.6) is 0 Å². The maximum absolute atomic E-state index is 4.96.